The molecule has 0 aliphatic carbocycles. The van der Waals surface area contributed by atoms with Crippen molar-refractivity contribution in [2.24, 2.45) is 0 Å². The highest BCUT2D eigenvalue weighted by Gasteiger charge is 2.23. The van der Waals surface area contributed by atoms with Crippen LogP contribution >= 0.6 is 0 Å². The monoisotopic (exact) mass is 296 g/mol. The van der Waals surface area contributed by atoms with E-state index in [9.17, 15) is 4.79 Å². The maximum atomic E-state index is 12.5. The fourth-order valence-corrected chi connectivity index (χ4v) is 2.19. The fourth-order valence-electron chi connectivity index (χ4n) is 2.19. The zero-order valence-electron chi connectivity index (χ0n) is 12.4. The summed E-state index contributed by atoms with van der Waals surface area (Å²) in [7, 11) is 1.71. The number of amides is 1. The predicted molar refractivity (Wildman–Crippen MR) is 81.2 cm³/mol. The number of hydrogen-bond acceptors (Lipinski definition) is 4. The van der Waals surface area contributed by atoms with Crippen molar-refractivity contribution in [3.63, 3.8) is 0 Å². The number of nitrogens with zero attached hydrogens (tertiary/aromatic N) is 2. The van der Waals surface area contributed by atoms with Crippen molar-refractivity contribution >= 4 is 5.91 Å². The van der Waals surface area contributed by atoms with Gasteiger partial charge >= 0.3 is 0 Å². The number of rotatable bonds is 4. The molecule has 2 heterocycles. The third-order valence-electron chi connectivity index (χ3n) is 3.64. The number of carbonyl (C=O) groups excluding carboxylic acids is 1. The standard InChI is InChI=1S/C17H16N2O3/c1-12(15-9-6-10-21-15)19(2)17(20)14-11-16(22-18-14)13-7-4-3-5-8-13/h3-12H,1-2H3. The molecule has 5 heteroatoms. The number of carbonyl (C=O) groups is 1. The van der Waals surface area contributed by atoms with Crippen LogP contribution in [0.1, 0.15) is 29.2 Å². The summed E-state index contributed by atoms with van der Waals surface area (Å²) in [6, 6.07) is 14.7. The van der Waals surface area contributed by atoms with Crippen molar-refractivity contribution in [1.82, 2.24) is 10.1 Å². The normalized spacial score (nSPS) is 12.1. The summed E-state index contributed by atoms with van der Waals surface area (Å²) in [6.07, 6.45) is 1.59. The van der Waals surface area contributed by atoms with Gasteiger partial charge in [0.15, 0.2) is 11.5 Å². The van der Waals surface area contributed by atoms with E-state index >= 15 is 0 Å². The minimum absolute atomic E-state index is 0.181. The van der Waals surface area contributed by atoms with Gasteiger partial charge in [0.05, 0.1) is 12.3 Å². The molecular formula is C17H16N2O3. The first kappa shape index (κ1) is 14.1. The minimum atomic E-state index is -0.213. The van der Waals surface area contributed by atoms with Crippen molar-refractivity contribution < 1.29 is 13.7 Å². The number of aromatic nitrogens is 1. The molecule has 0 fully saturated rings. The molecule has 22 heavy (non-hydrogen) atoms. The Balaban J connectivity index is 1.80. The van der Waals surface area contributed by atoms with Crippen molar-refractivity contribution in [3.8, 4) is 11.3 Å². The lowest BCUT2D eigenvalue weighted by Crippen LogP contribution is -2.29. The second-order valence-electron chi connectivity index (χ2n) is 5.05. The lowest BCUT2D eigenvalue weighted by molar-refractivity contribution is 0.0716. The van der Waals surface area contributed by atoms with E-state index in [4.69, 9.17) is 8.94 Å². The highest BCUT2D eigenvalue weighted by Crippen LogP contribution is 2.23. The number of furan rings is 1. The van der Waals surface area contributed by atoms with Crippen LogP contribution in [0.3, 0.4) is 0 Å². The Morgan fingerprint density at radius 3 is 2.64 bits per heavy atom. The summed E-state index contributed by atoms with van der Waals surface area (Å²) in [5.74, 6) is 1.08. The van der Waals surface area contributed by atoms with Crippen molar-refractivity contribution in [2.75, 3.05) is 7.05 Å². The van der Waals surface area contributed by atoms with Gasteiger partial charge in [-0.1, -0.05) is 35.5 Å². The summed E-state index contributed by atoms with van der Waals surface area (Å²) in [5.41, 5.74) is 1.16. The van der Waals surface area contributed by atoms with Crippen LogP contribution in [0.2, 0.25) is 0 Å². The lowest BCUT2D eigenvalue weighted by atomic mass is 10.1. The van der Waals surface area contributed by atoms with Gasteiger partial charge in [0, 0.05) is 18.7 Å². The van der Waals surface area contributed by atoms with Gasteiger partial charge in [-0.3, -0.25) is 4.79 Å². The van der Waals surface area contributed by atoms with Crippen LogP contribution in [0.5, 0.6) is 0 Å². The van der Waals surface area contributed by atoms with Gasteiger partial charge < -0.3 is 13.8 Å². The zero-order valence-corrected chi connectivity index (χ0v) is 12.4. The van der Waals surface area contributed by atoms with E-state index in [2.05, 4.69) is 5.16 Å². The van der Waals surface area contributed by atoms with E-state index in [1.54, 1.807) is 30.3 Å². The highest BCUT2D eigenvalue weighted by atomic mass is 16.5. The van der Waals surface area contributed by atoms with Crippen molar-refractivity contribution in [2.45, 2.75) is 13.0 Å². The molecule has 1 aromatic carbocycles. The molecule has 3 aromatic rings. The van der Waals surface area contributed by atoms with Crippen LogP contribution in [0.15, 0.2) is 63.7 Å². The predicted octanol–water partition coefficient (Wildman–Crippen LogP) is 3.77. The number of hydrogen-bond donors (Lipinski definition) is 0. The molecule has 0 saturated heterocycles. The van der Waals surface area contributed by atoms with E-state index in [-0.39, 0.29) is 17.6 Å². The minimum Gasteiger partial charge on any atom is -0.467 e. The molecule has 0 aliphatic rings. The largest absolute Gasteiger partial charge is 0.467 e. The fraction of sp³-hybridized carbons (Fsp3) is 0.176. The van der Waals surface area contributed by atoms with Crippen LogP contribution in [-0.2, 0) is 0 Å². The van der Waals surface area contributed by atoms with Crippen LogP contribution in [0.25, 0.3) is 11.3 Å². The highest BCUT2D eigenvalue weighted by molar-refractivity contribution is 5.93. The molecule has 1 atom stereocenters. The lowest BCUT2D eigenvalue weighted by Gasteiger charge is -2.21. The Morgan fingerprint density at radius 2 is 1.95 bits per heavy atom. The second kappa shape index (κ2) is 5.89. The molecule has 2 aromatic heterocycles. The summed E-state index contributed by atoms with van der Waals surface area (Å²) < 4.78 is 10.6. The smallest absolute Gasteiger partial charge is 0.276 e. The molecule has 0 aliphatic heterocycles. The van der Waals surface area contributed by atoms with Gasteiger partial charge in [0.1, 0.15) is 5.76 Å². The molecule has 1 unspecified atom stereocenters. The van der Waals surface area contributed by atoms with E-state index in [1.807, 2.05) is 43.3 Å². The SMILES string of the molecule is CC(c1ccco1)N(C)C(=O)c1cc(-c2ccccc2)on1. The van der Waals surface area contributed by atoms with Crippen LogP contribution in [-0.4, -0.2) is 23.0 Å². The summed E-state index contributed by atoms with van der Waals surface area (Å²) in [6.45, 7) is 1.90. The maximum absolute atomic E-state index is 12.5. The maximum Gasteiger partial charge on any atom is 0.276 e. The van der Waals surface area contributed by atoms with Crippen molar-refractivity contribution in [3.05, 3.63) is 66.2 Å². The molecule has 0 radical (unpaired) electrons. The average Bonchev–Trinajstić information content (AvgIpc) is 3.25. The zero-order chi connectivity index (χ0) is 15.5. The van der Waals surface area contributed by atoms with E-state index in [0.717, 1.165) is 11.3 Å². The number of benzene rings is 1. The first-order valence-corrected chi connectivity index (χ1v) is 6.99. The van der Waals surface area contributed by atoms with E-state index in [1.165, 1.54) is 0 Å². The quantitative estimate of drug-likeness (QED) is 0.735. The molecule has 1 amide bonds. The van der Waals surface area contributed by atoms with E-state index in [0.29, 0.717) is 5.76 Å². The van der Waals surface area contributed by atoms with Gasteiger partial charge in [-0.25, -0.2) is 0 Å². The van der Waals surface area contributed by atoms with Crippen LogP contribution in [0.4, 0.5) is 0 Å². The Labute approximate surface area is 128 Å². The molecular weight excluding hydrogens is 280 g/mol. The summed E-state index contributed by atoms with van der Waals surface area (Å²) in [4.78, 5) is 14.1. The molecule has 5 nitrogen and oxygen atoms in total. The Morgan fingerprint density at radius 1 is 1.18 bits per heavy atom. The second-order valence-corrected chi connectivity index (χ2v) is 5.05. The van der Waals surface area contributed by atoms with Gasteiger partial charge in [-0.2, -0.15) is 0 Å². The Bertz CT molecular complexity index is 747. The van der Waals surface area contributed by atoms with Gasteiger partial charge in [0.25, 0.3) is 5.91 Å². The van der Waals surface area contributed by atoms with Crippen LogP contribution < -0.4 is 0 Å². The van der Waals surface area contributed by atoms with Crippen molar-refractivity contribution in [1.29, 1.82) is 0 Å². The topological polar surface area (TPSA) is 59.5 Å². The van der Waals surface area contributed by atoms with Gasteiger partial charge in [-0.05, 0) is 19.1 Å². The molecule has 0 saturated carbocycles. The van der Waals surface area contributed by atoms with Crippen LogP contribution in [0, 0.1) is 0 Å². The molecule has 0 N–H and O–H groups in total. The third-order valence-corrected chi connectivity index (χ3v) is 3.64. The Hall–Kier alpha value is -2.82. The summed E-state index contributed by atoms with van der Waals surface area (Å²) in [5, 5.41) is 3.88. The first-order chi connectivity index (χ1) is 10.7. The molecule has 3 rings (SSSR count). The molecule has 112 valence electrons. The molecule has 0 bridgehead atoms. The van der Waals surface area contributed by atoms with Gasteiger partial charge in [-0.15, -0.1) is 0 Å². The van der Waals surface area contributed by atoms with E-state index < -0.39 is 0 Å². The average molecular weight is 296 g/mol. The molecule has 0 spiro atoms. The van der Waals surface area contributed by atoms with Gasteiger partial charge in [0.2, 0.25) is 0 Å². The summed E-state index contributed by atoms with van der Waals surface area (Å²) >= 11 is 0. The first-order valence-electron chi connectivity index (χ1n) is 6.99. The Kier molecular flexibility index (Phi) is 3.78. The third kappa shape index (κ3) is 2.65.